The molecule has 0 heterocycles. The molecule has 0 aliphatic rings. The van der Waals surface area contributed by atoms with Crippen LogP contribution in [-0.2, 0) is 9.53 Å². The van der Waals surface area contributed by atoms with Gasteiger partial charge in [-0.2, -0.15) is 0 Å². The zero-order valence-corrected chi connectivity index (χ0v) is 15.0. The first-order chi connectivity index (χ1) is 11.9. The van der Waals surface area contributed by atoms with Crippen LogP contribution in [0.5, 0.6) is 5.75 Å². The number of rotatable bonds is 6. The van der Waals surface area contributed by atoms with Crippen molar-refractivity contribution in [3.8, 4) is 5.75 Å². The quantitative estimate of drug-likeness (QED) is 0.795. The van der Waals surface area contributed by atoms with E-state index in [1.54, 1.807) is 12.1 Å². The van der Waals surface area contributed by atoms with Gasteiger partial charge in [-0.1, -0.05) is 41.9 Å². The lowest BCUT2D eigenvalue weighted by Gasteiger charge is -2.18. The highest BCUT2D eigenvalue weighted by atomic mass is 35.5. The fourth-order valence-corrected chi connectivity index (χ4v) is 2.45. The smallest absolute Gasteiger partial charge is 0.342 e. The molecule has 2 rings (SSSR count). The van der Waals surface area contributed by atoms with Crippen LogP contribution in [0, 0.1) is 0 Å². The van der Waals surface area contributed by atoms with Crippen molar-refractivity contribution in [1.82, 2.24) is 5.32 Å². The van der Waals surface area contributed by atoms with Gasteiger partial charge in [-0.15, -0.1) is 0 Å². The van der Waals surface area contributed by atoms with Crippen molar-refractivity contribution in [2.75, 3.05) is 7.11 Å². The molecule has 6 heteroatoms. The highest BCUT2D eigenvalue weighted by Crippen LogP contribution is 2.24. The third kappa shape index (κ3) is 4.97. The van der Waals surface area contributed by atoms with Crippen molar-refractivity contribution in [2.24, 2.45) is 0 Å². The number of methoxy groups -OCH3 is 1. The van der Waals surface area contributed by atoms with Gasteiger partial charge in [-0.25, -0.2) is 4.79 Å². The fraction of sp³-hybridized carbons (Fsp3) is 0.263. The Kier molecular flexibility index (Phi) is 6.42. The van der Waals surface area contributed by atoms with Crippen LogP contribution in [0.2, 0.25) is 5.02 Å². The first-order valence-electron chi connectivity index (χ1n) is 7.82. The molecule has 2 aromatic rings. The van der Waals surface area contributed by atoms with Crippen LogP contribution in [0.1, 0.15) is 35.8 Å². The summed E-state index contributed by atoms with van der Waals surface area (Å²) in [7, 11) is 1.44. The van der Waals surface area contributed by atoms with E-state index in [4.69, 9.17) is 21.1 Å². The number of amides is 1. The topological polar surface area (TPSA) is 64.6 Å². The summed E-state index contributed by atoms with van der Waals surface area (Å²) in [6.45, 7) is 3.38. The third-order valence-electron chi connectivity index (χ3n) is 3.69. The Morgan fingerprint density at radius 3 is 2.40 bits per heavy atom. The molecule has 2 unspecified atom stereocenters. The van der Waals surface area contributed by atoms with Crippen LogP contribution in [0.3, 0.4) is 0 Å². The van der Waals surface area contributed by atoms with Crippen LogP contribution in [-0.4, -0.2) is 25.1 Å². The van der Waals surface area contributed by atoms with Crippen molar-refractivity contribution in [3.05, 3.63) is 64.7 Å². The summed E-state index contributed by atoms with van der Waals surface area (Å²) in [5.41, 5.74) is 1.14. The van der Waals surface area contributed by atoms with Crippen molar-refractivity contribution < 1.29 is 19.1 Å². The normalized spacial score (nSPS) is 12.8. The molecule has 5 nitrogen and oxygen atoms in total. The zero-order valence-electron chi connectivity index (χ0n) is 14.3. The third-order valence-corrected chi connectivity index (χ3v) is 3.93. The Labute approximate surface area is 151 Å². The van der Waals surface area contributed by atoms with Crippen molar-refractivity contribution >= 4 is 23.5 Å². The molecule has 0 aromatic heterocycles. The first-order valence-corrected chi connectivity index (χ1v) is 8.20. The Bertz CT molecular complexity index is 748. The Balaban J connectivity index is 2.01. The maximum absolute atomic E-state index is 12.3. The largest absolute Gasteiger partial charge is 0.496 e. The maximum Gasteiger partial charge on any atom is 0.342 e. The van der Waals surface area contributed by atoms with E-state index in [1.807, 2.05) is 37.3 Å². The van der Waals surface area contributed by atoms with E-state index in [0.29, 0.717) is 10.8 Å². The second-order valence-corrected chi connectivity index (χ2v) is 5.97. The number of hydrogen-bond donors (Lipinski definition) is 1. The molecular weight excluding hydrogens is 342 g/mol. The summed E-state index contributed by atoms with van der Waals surface area (Å²) in [5.74, 6) is -0.722. The fourth-order valence-electron chi connectivity index (χ4n) is 2.27. The standard InChI is InChI=1S/C19H20ClNO4/c1-12(14-7-5-4-6-8-14)21-18(22)13(2)25-19(23)16-11-15(20)9-10-17(16)24-3/h4-13H,1-3H3,(H,21,22). The number of hydrogen-bond acceptors (Lipinski definition) is 4. The van der Waals surface area contributed by atoms with E-state index in [-0.39, 0.29) is 17.5 Å². The van der Waals surface area contributed by atoms with E-state index in [0.717, 1.165) is 5.56 Å². The molecular formula is C19H20ClNO4. The minimum Gasteiger partial charge on any atom is -0.496 e. The van der Waals surface area contributed by atoms with Gasteiger partial charge in [0.15, 0.2) is 6.10 Å². The van der Waals surface area contributed by atoms with Gasteiger partial charge >= 0.3 is 5.97 Å². The second-order valence-electron chi connectivity index (χ2n) is 5.53. The molecule has 2 atom stereocenters. The van der Waals surface area contributed by atoms with Crippen molar-refractivity contribution in [3.63, 3.8) is 0 Å². The lowest BCUT2D eigenvalue weighted by molar-refractivity contribution is -0.129. The van der Waals surface area contributed by atoms with E-state index in [1.165, 1.54) is 20.1 Å². The van der Waals surface area contributed by atoms with Gasteiger partial charge in [0.1, 0.15) is 11.3 Å². The Morgan fingerprint density at radius 1 is 1.08 bits per heavy atom. The minimum absolute atomic E-state index is 0.172. The molecule has 0 saturated heterocycles. The number of ether oxygens (including phenoxy) is 2. The van der Waals surface area contributed by atoms with E-state index >= 15 is 0 Å². The van der Waals surface area contributed by atoms with Gasteiger partial charge in [0.05, 0.1) is 13.2 Å². The predicted molar refractivity (Wildman–Crippen MR) is 95.9 cm³/mol. The Morgan fingerprint density at radius 2 is 1.76 bits per heavy atom. The molecule has 2 aromatic carbocycles. The van der Waals surface area contributed by atoms with Gasteiger partial charge in [-0.05, 0) is 37.6 Å². The summed E-state index contributed by atoms with van der Waals surface area (Å²) in [6.07, 6.45) is -0.956. The average Bonchev–Trinajstić information content (AvgIpc) is 2.62. The predicted octanol–water partition coefficient (Wildman–Crippen LogP) is 3.77. The van der Waals surface area contributed by atoms with E-state index in [9.17, 15) is 9.59 Å². The molecule has 25 heavy (non-hydrogen) atoms. The maximum atomic E-state index is 12.3. The Hall–Kier alpha value is -2.53. The molecule has 0 bridgehead atoms. The monoisotopic (exact) mass is 361 g/mol. The van der Waals surface area contributed by atoms with E-state index in [2.05, 4.69) is 5.32 Å². The highest BCUT2D eigenvalue weighted by Gasteiger charge is 2.23. The van der Waals surface area contributed by atoms with Gasteiger partial charge in [0.25, 0.3) is 5.91 Å². The summed E-state index contributed by atoms with van der Waals surface area (Å²) in [4.78, 5) is 24.6. The SMILES string of the molecule is COc1ccc(Cl)cc1C(=O)OC(C)C(=O)NC(C)c1ccccc1. The number of nitrogens with one attached hydrogen (secondary N) is 1. The number of halogens is 1. The summed E-state index contributed by atoms with van der Waals surface area (Å²) < 4.78 is 10.4. The van der Waals surface area contributed by atoms with E-state index < -0.39 is 12.1 Å². The molecule has 0 aliphatic carbocycles. The molecule has 0 aliphatic heterocycles. The molecule has 0 spiro atoms. The molecule has 0 fully saturated rings. The first kappa shape index (κ1) is 18.8. The second kappa shape index (κ2) is 8.53. The molecule has 0 radical (unpaired) electrons. The number of carbonyl (C=O) groups excluding carboxylic acids is 2. The molecule has 0 saturated carbocycles. The van der Waals surface area contributed by atoms with Gasteiger partial charge in [0.2, 0.25) is 0 Å². The van der Waals surface area contributed by atoms with Crippen LogP contribution >= 0.6 is 11.6 Å². The van der Waals surface area contributed by atoms with Crippen LogP contribution in [0.25, 0.3) is 0 Å². The molecule has 1 N–H and O–H groups in total. The number of benzene rings is 2. The molecule has 1 amide bonds. The summed E-state index contributed by atoms with van der Waals surface area (Å²) >= 11 is 5.91. The lowest BCUT2D eigenvalue weighted by atomic mass is 10.1. The van der Waals surface area contributed by atoms with Crippen molar-refractivity contribution in [2.45, 2.75) is 26.0 Å². The van der Waals surface area contributed by atoms with Gasteiger partial charge < -0.3 is 14.8 Å². The van der Waals surface area contributed by atoms with Crippen LogP contribution < -0.4 is 10.1 Å². The average molecular weight is 362 g/mol. The van der Waals surface area contributed by atoms with Crippen LogP contribution in [0.4, 0.5) is 0 Å². The number of esters is 1. The van der Waals surface area contributed by atoms with Crippen molar-refractivity contribution in [1.29, 1.82) is 0 Å². The zero-order chi connectivity index (χ0) is 18.4. The minimum atomic E-state index is -0.956. The van der Waals surface area contributed by atoms with Gasteiger partial charge in [-0.3, -0.25) is 4.79 Å². The summed E-state index contributed by atoms with van der Waals surface area (Å²) in [6, 6.07) is 13.9. The highest BCUT2D eigenvalue weighted by molar-refractivity contribution is 6.31. The van der Waals surface area contributed by atoms with Gasteiger partial charge in [0, 0.05) is 5.02 Å². The summed E-state index contributed by atoms with van der Waals surface area (Å²) in [5, 5.41) is 3.20. The number of carbonyl (C=O) groups is 2. The van der Waals surface area contributed by atoms with Crippen LogP contribution in [0.15, 0.2) is 48.5 Å². The lowest BCUT2D eigenvalue weighted by Crippen LogP contribution is -2.37. The molecule has 132 valence electrons.